The number of alkyl halides is 4. The topological polar surface area (TPSA) is 48.1 Å². The summed E-state index contributed by atoms with van der Waals surface area (Å²) in [4.78, 5) is 0.961. The van der Waals surface area contributed by atoms with Gasteiger partial charge in [0.05, 0.1) is 0 Å². The fourth-order valence-corrected chi connectivity index (χ4v) is 3.87. The molecule has 0 aromatic heterocycles. The molecule has 0 amide bonds. The molecule has 0 atom stereocenters. The van der Waals surface area contributed by atoms with E-state index >= 15 is 0 Å². The van der Waals surface area contributed by atoms with Gasteiger partial charge >= 0.3 is 0 Å². The molecule has 0 unspecified atom stereocenters. The van der Waals surface area contributed by atoms with Crippen molar-refractivity contribution < 1.29 is 17.6 Å². The minimum atomic E-state index is -2.46. The Bertz CT molecular complexity index is 836. The van der Waals surface area contributed by atoms with E-state index in [0.29, 0.717) is 68.0 Å². The summed E-state index contributed by atoms with van der Waals surface area (Å²) in [5, 5.41) is 13.2. The Morgan fingerprint density at radius 1 is 0.727 bits per heavy atom. The third kappa shape index (κ3) is 11.3. The minimum absolute atomic E-state index is 0.215. The summed E-state index contributed by atoms with van der Waals surface area (Å²) >= 11 is 11.6. The van der Waals surface area contributed by atoms with E-state index in [0.717, 1.165) is 0 Å². The molecule has 0 bridgehead atoms. The molecule has 0 spiro atoms. The van der Waals surface area contributed by atoms with Crippen molar-refractivity contribution in [2.45, 2.75) is 35.2 Å². The molecule has 0 aliphatic rings. The highest BCUT2D eigenvalue weighted by atomic mass is 32.2. The zero-order chi connectivity index (χ0) is 24.4. The predicted molar refractivity (Wildman–Crippen MR) is 139 cm³/mol. The maximum absolute atomic E-state index is 12.4. The van der Waals surface area contributed by atoms with Crippen molar-refractivity contribution in [1.82, 2.24) is 10.6 Å². The number of thioether (sulfide) groups is 2. The van der Waals surface area contributed by atoms with E-state index in [1.807, 2.05) is 13.8 Å². The summed E-state index contributed by atoms with van der Waals surface area (Å²) in [5.74, 6) is -4.91. The number of rotatable bonds is 10. The van der Waals surface area contributed by atoms with Crippen LogP contribution in [0.4, 0.5) is 28.9 Å². The van der Waals surface area contributed by atoms with Gasteiger partial charge in [-0.3, -0.25) is 0 Å². The van der Waals surface area contributed by atoms with Crippen LogP contribution in [0.2, 0.25) is 0 Å². The van der Waals surface area contributed by atoms with Crippen LogP contribution in [-0.4, -0.2) is 34.8 Å². The van der Waals surface area contributed by atoms with Crippen molar-refractivity contribution in [3.05, 3.63) is 48.5 Å². The van der Waals surface area contributed by atoms with Crippen molar-refractivity contribution in [2.24, 2.45) is 5.41 Å². The van der Waals surface area contributed by atoms with Gasteiger partial charge in [0.2, 0.25) is 0 Å². The van der Waals surface area contributed by atoms with Crippen molar-refractivity contribution in [1.29, 1.82) is 0 Å². The van der Waals surface area contributed by atoms with E-state index in [-0.39, 0.29) is 5.41 Å². The molecule has 0 saturated heterocycles. The van der Waals surface area contributed by atoms with E-state index in [1.54, 1.807) is 48.5 Å². The van der Waals surface area contributed by atoms with Crippen LogP contribution in [-0.2, 0) is 0 Å². The van der Waals surface area contributed by atoms with Crippen LogP contribution in [0.1, 0.15) is 13.8 Å². The molecule has 0 aliphatic heterocycles. The maximum atomic E-state index is 12.4. The molecule has 2 rings (SSSR count). The van der Waals surface area contributed by atoms with Crippen LogP contribution in [0.3, 0.4) is 0 Å². The molecular weight excluding hydrogens is 513 g/mol. The lowest BCUT2D eigenvalue weighted by Gasteiger charge is -2.27. The third-order valence-corrected chi connectivity index (χ3v) is 6.07. The summed E-state index contributed by atoms with van der Waals surface area (Å²) in [5.41, 5.74) is 1.18. The van der Waals surface area contributed by atoms with Gasteiger partial charge in [0.15, 0.2) is 10.2 Å². The predicted octanol–water partition coefficient (Wildman–Crippen LogP) is 6.62. The van der Waals surface area contributed by atoms with E-state index in [2.05, 4.69) is 21.3 Å². The number of benzene rings is 2. The molecule has 0 heterocycles. The Kier molecular flexibility index (Phi) is 11.0. The lowest BCUT2D eigenvalue weighted by Crippen LogP contribution is -2.44. The number of hydrogen-bond donors (Lipinski definition) is 4. The molecular formula is C21H24F4N4S4. The average Bonchev–Trinajstić information content (AvgIpc) is 2.73. The SMILES string of the molecule is CC(C)(CNC(=S)Nc1ccc(SC(F)F)cc1)CNC(=S)Nc1ccc(SC(F)F)cc1. The molecule has 2 aromatic rings. The molecule has 0 fully saturated rings. The van der Waals surface area contributed by atoms with Crippen LogP contribution < -0.4 is 21.3 Å². The standard InChI is InChI=1S/C21H24F4N4S4/c1-21(2,11-26-19(30)28-13-3-7-15(8-4-13)32-17(22)23)12-27-20(31)29-14-5-9-16(10-6-14)33-18(24)25/h3-10,17-18H,11-12H2,1-2H3,(H2,26,28,30)(H2,27,29,31). The first-order chi connectivity index (χ1) is 15.5. The first-order valence-corrected chi connectivity index (χ1v) is 12.3. The largest absolute Gasteiger partial charge is 0.362 e. The number of thiocarbonyl (C=S) groups is 2. The van der Waals surface area contributed by atoms with Crippen LogP contribution in [0.15, 0.2) is 58.3 Å². The van der Waals surface area contributed by atoms with Gasteiger partial charge in [0.1, 0.15) is 0 Å². The second-order valence-electron chi connectivity index (χ2n) is 7.59. The molecule has 12 heteroatoms. The Morgan fingerprint density at radius 2 is 1.06 bits per heavy atom. The Morgan fingerprint density at radius 3 is 1.36 bits per heavy atom. The molecule has 0 radical (unpaired) electrons. The quantitative estimate of drug-likeness (QED) is 0.154. The lowest BCUT2D eigenvalue weighted by molar-refractivity contribution is 0.251. The van der Waals surface area contributed by atoms with E-state index in [9.17, 15) is 17.6 Å². The Balaban J connectivity index is 1.73. The van der Waals surface area contributed by atoms with Gasteiger partial charge in [-0.1, -0.05) is 37.4 Å². The monoisotopic (exact) mass is 536 g/mol. The lowest BCUT2D eigenvalue weighted by atomic mass is 9.93. The molecule has 4 N–H and O–H groups in total. The summed E-state index contributed by atoms with van der Waals surface area (Å²) < 4.78 is 49.6. The van der Waals surface area contributed by atoms with E-state index in [1.165, 1.54) is 0 Å². The maximum Gasteiger partial charge on any atom is 0.288 e. The first kappa shape index (κ1) is 27.5. The number of nitrogens with one attached hydrogen (secondary N) is 4. The van der Waals surface area contributed by atoms with Crippen molar-refractivity contribution in [3.63, 3.8) is 0 Å². The summed E-state index contributed by atoms with van der Waals surface area (Å²) in [6.45, 7) is 5.16. The summed E-state index contributed by atoms with van der Waals surface area (Å²) in [6, 6.07) is 13.2. The van der Waals surface area contributed by atoms with Gasteiger partial charge in [-0.25, -0.2) is 0 Å². The van der Waals surface area contributed by atoms with Crippen LogP contribution >= 0.6 is 48.0 Å². The van der Waals surface area contributed by atoms with Gasteiger partial charge in [-0.15, -0.1) is 0 Å². The van der Waals surface area contributed by atoms with Gasteiger partial charge in [-0.2, -0.15) is 17.6 Å². The molecule has 2 aromatic carbocycles. The number of hydrogen-bond acceptors (Lipinski definition) is 4. The summed E-state index contributed by atoms with van der Waals surface area (Å²) in [7, 11) is 0. The second kappa shape index (κ2) is 13.2. The zero-order valence-electron chi connectivity index (χ0n) is 17.8. The van der Waals surface area contributed by atoms with Gasteiger partial charge in [0, 0.05) is 34.3 Å². The highest BCUT2D eigenvalue weighted by molar-refractivity contribution is 7.99. The Labute approximate surface area is 210 Å². The fraction of sp³-hybridized carbons (Fsp3) is 0.333. The highest BCUT2D eigenvalue weighted by Gasteiger charge is 2.19. The fourth-order valence-electron chi connectivity index (χ4n) is 2.49. The van der Waals surface area contributed by atoms with Gasteiger partial charge in [-0.05, 0) is 78.4 Å². The van der Waals surface area contributed by atoms with E-state index in [4.69, 9.17) is 24.4 Å². The molecule has 4 nitrogen and oxygen atoms in total. The molecule has 180 valence electrons. The molecule has 33 heavy (non-hydrogen) atoms. The van der Waals surface area contributed by atoms with Crippen molar-refractivity contribution in [3.8, 4) is 0 Å². The second-order valence-corrected chi connectivity index (χ2v) is 10.5. The van der Waals surface area contributed by atoms with Crippen LogP contribution in [0, 0.1) is 5.41 Å². The Hall–Kier alpha value is -1.76. The van der Waals surface area contributed by atoms with Crippen LogP contribution in [0.5, 0.6) is 0 Å². The summed E-state index contributed by atoms with van der Waals surface area (Å²) in [6.07, 6.45) is 0. The molecule has 0 saturated carbocycles. The average molecular weight is 537 g/mol. The zero-order valence-corrected chi connectivity index (χ0v) is 21.1. The number of halogens is 4. The van der Waals surface area contributed by atoms with E-state index < -0.39 is 11.5 Å². The molecule has 0 aliphatic carbocycles. The minimum Gasteiger partial charge on any atom is -0.362 e. The van der Waals surface area contributed by atoms with Gasteiger partial charge in [0.25, 0.3) is 11.5 Å². The highest BCUT2D eigenvalue weighted by Crippen LogP contribution is 2.27. The van der Waals surface area contributed by atoms with Crippen molar-refractivity contribution in [2.75, 3.05) is 23.7 Å². The van der Waals surface area contributed by atoms with Gasteiger partial charge < -0.3 is 21.3 Å². The van der Waals surface area contributed by atoms with Crippen molar-refractivity contribution >= 4 is 69.6 Å². The van der Waals surface area contributed by atoms with Crippen LogP contribution in [0.25, 0.3) is 0 Å². The smallest absolute Gasteiger partial charge is 0.288 e. The first-order valence-electron chi connectivity index (χ1n) is 9.72. The number of anilines is 2. The normalized spacial score (nSPS) is 11.4. The third-order valence-electron chi connectivity index (χ3n) is 4.13.